The lowest BCUT2D eigenvalue weighted by Crippen LogP contribution is -3.28. The number of aromatic nitrogens is 1. The fourth-order valence-corrected chi connectivity index (χ4v) is 4.08. The Morgan fingerprint density at radius 2 is 1.96 bits per heavy atom. The normalized spacial score (nSPS) is 30.9. The number of quaternary nitrogens is 2. The van der Waals surface area contributed by atoms with Gasteiger partial charge in [-0.2, -0.15) is 0 Å². The number of amides is 1. The number of hydrogen-bond acceptors (Lipinski definition) is 3. The molecule has 3 rings (SSSR count). The van der Waals surface area contributed by atoms with Crippen molar-refractivity contribution in [3.05, 3.63) is 17.5 Å². The molecule has 134 valence electrons. The Kier molecular flexibility index (Phi) is 5.89. The predicted molar refractivity (Wildman–Crippen MR) is 90.8 cm³/mol. The van der Waals surface area contributed by atoms with Crippen molar-refractivity contribution in [2.24, 2.45) is 5.92 Å². The van der Waals surface area contributed by atoms with Gasteiger partial charge in [0.1, 0.15) is 44.2 Å². The Morgan fingerprint density at radius 1 is 1.25 bits per heavy atom. The van der Waals surface area contributed by atoms with E-state index in [-0.39, 0.29) is 5.91 Å². The summed E-state index contributed by atoms with van der Waals surface area (Å²) in [6.45, 7) is 10.0. The van der Waals surface area contributed by atoms with E-state index in [9.17, 15) is 4.79 Å². The molecule has 0 spiro atoms. The molecule has 6 heteroatoms. The second-order valence-electron chi connectivity index (χ2n) is 7.72. The van der Waals surface area contributed by atoms with Gasteiger partial charge in [0.15, 0.2) is 6.54 Å². The van der Waals surface area contributed by atoms with Gasteiger partial charge >= 0.3 is 0 Å². The summed E-state index contributed by atoms with van der Waals surface area (Å²) in [5.74, 6) is 1.74. The third-order valence-electron chi connectivity index (χ3n) is 5.64. The van der Waals surface area contributed by atoms with Gasteiger partial charge in [0.2, 0.25) is 0 Å². The molecule has 0 aromatic carbocycles. The number of nitrogens with one attached hydrogen (secondary N) is 3. The lowest BCUT2D eigenvalue weighted by Gasteiger charge is -2.31. The topological polar surface area (TPSA) is 64.0 Å². The molecule has 2 atom stereocenters. The van der Waals surface area contributed by atoms with Crippen molar-refractivity contribution in [2.45, 2.75) is 52.1 Å². The molecule has 0 bridgehead atoms. The van der Waals surface area contributed by atoms with Gasteiger partial charge in [-0.25, -0.2) is 0 Å². The van der Waals surface area contributed by atoms with Crippen LogP contribution in [0.4, 0.5) is 0 Å². The number of nitrogens with zero attached hydrogens (tertiary/aromatic N) is 1. The van der Waals surface area contributed by atoms with Crippen LogP contribution in [0.1, 0.15) is 44.1 Å². The van der Waals surface area contributed by atoms with Gasteiger partial charge in [-0.3, -0.25) is 4.79 Å². The second-order valence-corrected chi connectivity index (χ2v) is 7.72. The Morgan fingerprint density at radius 3 is 2.62 bits per heavy atom. The van der Waals surface area contributed by atoms with Crippen LogP contribution in [0.2, 0.25) is 0 Å². The summed E-state index contributed by atoms with van der Waals surface area (Å²) >= 11 is 0. The van der Waals surface area contributed by atoms with Crippen LogP contribution in [0, 0.1) is 12.8 Å². The molecule has 0 radical (unpaired) electrons. The van der Waals surface area contributed by atoms with Crippen LogP contribution in [0.25, 0.3) is 0 Å². The van der Waals surface area contributed by atoms with Crippen molar-refractivity contribution in [1.82, 2.24) is 10.5 Å². The van der Waals surface area contributed by atoms with E-state index in [1.54, 1.807) is 0 Å². The third-order valence-corrected chi connectivity index (χ3v) is 5.64. The van der Waals surface area contributed by atoms with Gasteiger partial charge in [-0.05, 0) is 25.7 Å². The minimum atomic E-state index is 0.235. The highest BCUT2D eigenvalue weighted by molar-refractivity contribution is 5.77. The van der Waals surface area contributed by atoms with Crippen molar-refractivity contribution >= 4 is 5.91 Å². The average molecular weight is 336 g/mol. The standard InChI is InChI=1S/C18H30N4O2/c1-14-5-3-4-6-17(14)19-18(23)13-22-9-7-21(8-10-22)12-16-11-15(2)24-20-16/h11,14,17H,3-10,12-13H2,1-2H3,(H,19,23)/p+2/t14-,17-/m1/s1. The first kappa shape index (κ1) is 17.4. The molecule has 2 aliphatic rings. The van der Waals surface area contributed by atoms with Crippen LogP contribution in [-0.4, -0.2) is 49.8 Å². The first-order valence-corrected chi connectivity index (χ1v) is 9.49. The molecule has 1 aliphatic heterocycles. The first-order chi connectivity index (χ1) is 11.6. The summed E-state index contributed by atoms with van der Waals surface area (Å²) in [7, 11) is 0. The van der Waals surface area contributed by atoms with Crippen molar-refractivity contribution in [2.75, 3.05) is 32.7 Å². The van der Waals surface area contributed by atoms with Gasteiger partial charge in [-0.1, -0.05) is 24.9 Å². The van der Waals surface area contributed by atoms with E-state index in [0.29, 0.717) is 18.5 Å². The Bertz CT molecular complexity index is 537. The number of piperazine rings is 1. The molecule has 1 amide bonds. The van der Waals surface area contributed by atoms with Crippen LogP contribution in [0.15, 0.2) is 10.6 Å². The van der Waals surface area contributed by atoms with Crippen LogP contribution >= 0.6 is 0 Å². The van der Waals surface area contributed by atoms with Gasteiger partial charge in [-0.15, -0.1) is 0 Å². The number of carbonyl (C=O) groups excluding carboxylic acids is 1. The molecule has 2 fully saturated rings. The van der Waals surface area contributed by atoms with E-state index < -0.39 is 0 Å². The minimum absolute atomic E-state index is 0.235. The summed E-state index contributed by atoms with van der Waals surface area (Å²) in [5.41, 5.74) is 1.04. The summed E-state index contributed by atoms with van der Waals surface area (Å²) in [6, 6.07) is 2.42. The highest BCUT2D eigenvalue weighted by Gasteiger charge is 2.28. The van der Waals surface area contributed by atoms with Gasteiger partial charge in [0, 0.05) is 12.1 Å². The van der Waals surface area contributed by atoms with E-state index in [0.717, 1.165) is 50.6 Å². The first-order valence-electron chi connectivity index (χ1n) is 9.49. The Balaban J connectivity index is 1.37. The van der Waals surface area contributed by atoms with Gasteiger partial charge in [0.25, 0.3) is 5.91 Å². The largest absolute Gasteiger partial charge is 0.361 e. The van der Waals surface area contributed by atoms with Crippen molar-refractivity contribution < 1.29 is 19.1 Å². The molecule has 1 saturated heterocycles. The molecular formula is C18H32N4O2+2. The average Bonchev–Trinajstić information content (AvgIpc) is 2.96. The third kappa shape index (κ3) is 4.80. The number of aryl methyl sites for hydroxylation is 1. The molecule has 6 nitrogen and oxygen atoms in total. The molecule has 2 heterocycles. The number of rotatable bonds is 5. The SMILES string of the molecule is Cc1cc(C[NH+]2CC[NH+](CC(=O)N[C@@H]3CCCC[C@H]3C)CC2)no1. The fourth-order valence-electron chi connectivity index (χ4n) is 4.08. The maximum atomic E-state index is 12.3. The van der Waals surface area contributed by atoms with Gasteiger partial charge in [0.05, 0.1) is 0 Å². The van der Waals surface area contributed by atoms with Crippen LogP contribution in [0.5, 0.6) is 0 Å². The molecule has 1 aromatic rings. The van der Waals surface area contributed by atoms with E-state index in [1.165, 1.54) is 29.1 Å². The lowest BCUT2D eigenvalue weighted by molar-refractivity contribution is -1.02. The maximum absolute atomic E-state index is 12.3. The van der Waals surface area contributed by atoms with Crippen molar-refractivity contribution in [1.29, 1.82) is 0 Å². The monoisotopic (exact) mass is 336 g/mol. The van der Waals surface area contributed by atoms with Crippen molar-refractivity contribution in [3.8, 4) is 0 Å². The zero-order chi connectivity index (χ0) is 16.9. The summed E-state index contributed by atoms with van der Waals surface area (Å²) < 4.78 is 5.14. The molecular weight excluding hydrogens is 304 g/mol. The smallest absolute Gasteiger partial charge is 0.275 e. The number of carbonyl (C=O) groups is 1. The Hall–Kier alpha value is -1.40. The van der Waals surface area contributed by atoms with Gasteiger partial charge < -0.3 is 19.6 Å². The highest BCUT2D eigenvalue weighted by atomic mass is 16.5. The van der Waals surface area contributed by atoms with E-state index in [2.05, 4.69) is 17.4 Å². The molecule has 1 saturated carbocycles. The van der Waals surface area contributed by atoms with E-state index in [4.69, 9.17) is 4.52 Å². The minimum Gasteiger partial charge on any atom is -0.361 e. The fraction of sp³-hybridized carbons (Fsp3) is 0.778. The zero-order valence-corrected chi connectivity index (χ0v) is 15.1. The maximum Gasteiger partial charge on any atom is 0.275 e. The molecule has 3 N–H and O–H groups in total. The highest BCUT2D eigenvalue weighted by Crippen LogP contribution is 2.23. The zero-order valence-electron chi connectivity index (χ0n) is 15.1. The van der Waals surface area contributed by atoms with Crippen molar-refractivity contribution in [3.63, 3.8) is 0 Å². The Labute approximate surface area is 144 Å². The number of hydrogen-bond donors (Lipinski definition) is 3. The molecule has 1 aromatic heterocycles. The second kappa shape index (κ2) is 8.12. The predicted octanol–water partition coefficient (Wildman–Crippen LogP) is -1.04. The molecule has 24 heavy (non-hydrogen) atoms. The lowest BCUT2D eigenvalue weighted by atomic mass is 9.86. The van der Waals surface area contributed by atoms with Crippen LogP contribution < -0.4 is 15.1 Å². The summed E-state index contributed by atoms with van der Waals surface area (Å²) in [6.07, 6.45) is 4.97. The van der Waals surface area contributed by atoms with E-state index in [1.807, 2.05) is 13.0 Å². The summed E-state index contributed by atoms with van der Waals surface area (Å²) in [4.78, 5) is 15.3. The molecule has 1 aliphatic carbocycles. The molecule has 0 unspecified atom stereocenters. The van der Waals surface area contributed by atoms with E-state index >= 15 is 0 Å². The van der Waals surface area contributed by atoms with Crippen LogP contribution in [-0.2, 0) is 11.3 Å². The van der Waals surface area contributed by atoms with Crippen LogP contribution in [0.3, 0.4) is 0 Å². The quantitative estimate of drug-likeness (QED) is 0.644. The summed E-state index contributed by atoms with van der Waals surface area (Å²) in [5, 5.41) is 7.36.